The second kappa shape index (κ2) is 16.9. The van der Waals surface area contributed by atoms with Crippen LogP contribution in [0.1, 0.15) is 46.5 Å². The smallest absolute Gasteiger partial charge is 0.326 e. The van der Waals surface area contributed by atoms with E-state index in [0.29, 0.717) is 12.2 Å². The summed E-state index contributed by atoms with van der Waals surface area (Å²) in [4.78, 5) is 53.7. The summed E-state index contributed by atoms with van der Waals surface area (Å²) >= 11 is 1.46. The first-order valence-corrected chi connectivity index (χ1v) is 12.8. The van der Waals surface area contributed by atoms with Gasteiger partial charge in [-0.2, -0.15) is 11.8 Å². The molecule has 3 amide bonds. The van der Waals surface area contributed by atoms with Gasteiger partial charge >= 0.3 is 5.97 Å². The van der Waals surface area contributed by atoms with Gasteiger partial charge in [0.25, 0.3) is 0 Å². The quantitative estimate of drug-likeness (QED) is 0.0602. The molecule has 0 aliphatic heterocycles. The van der Waals surface area contributed by atoms with Crippen molar-refractivity contribution in [3.8, 4) is 0 Å². The number of aliphatic carboxylic acids is 1. The summed E-state index contributed by atoms with van der Waals surface area (Å²) in [5.74, 6) is -2.79. The highest BCUT2D eigenvalue weighted by atomic mass is 32.2. The molecule has 0 aliphatic rings. The average molecular weight is 520 g/mol. The molecule has 11 N–H and O–H groups in total. The summed E-state index contributed by atoms with van der Waals surface area (Å²) in [6.07, 6.45) is 1.62. The van der Waals surface area contributed by atoms with Crippen LogP contribution in [0.15, 0.2) is 4.99 Å². The molecule has 0 fully saturated rings. The summed E-state index contributed by atoms with van der Waals surface area (Å²) < 4.78 is 0. The van der Waals surface area contributed by atoms with E-state index >= 15 is 0 Å². The number of carbonyl (C=O) groups is 4. The number of aliphatic imine (C=N–C) groups is 1. The minimum Gasteiger partial charge on any atom is -0.480 e. The molecular weight excluding hydrogens is 478 g/mol. The predicted octanol–water partition coefficient (Wildman–Crippen LogP) is -1.91. The van der Waals surface area contributed by atoms with E-state index in [4.69, 9.17) is 17.2 Å². The largest absolute Gasteiger partial charge is 0.480 e. The number of aliphatic hydroxyl groups excluding tert-OH is 1. The molecule has 35 heavy (non-hydrogen) atoms. The van der Waals surface area contributed by atoms with Gasteiger partial charge < -0.3 is 43.4 Å². The number of nitrogens with zero attached hydrogens (tertiary/aromatic N) is 1. The highest BCUT2D eigenvalue weighted by Crippen LogP contribution is 2.08. The molecule has 14 heteroatoms. The number of carboxylic acid groups (broad SMARTS) is 1. The van der Waals surface area contributed by atoms with E-state index in [1.807, 2.05) is 20.1 Å². The van der Waals surface area contributed by atoms with Crippen LogP contribution in [-0.2, 0) is 19.2 Å². The molecule has 0 aromatic rings. The fraction of sp³-hybridized carbons (Fsp3) is 0.762. The van der Waals surface area contributed by atoms with E-state index < -0.39 is 54.0 Å². The Balaban J connectivity index is 5.60. The summed E-state index contributed by atoms with van der Waals surface area (Å²) in [5, 5.41) is 26.6. The molecule has 0 aliphatic carbocycles. The number of hydrogen-bond acceptors (Lipinski definition) is 8. The second-order valence-corrected chi connectivity index (χ2v) is 9.63. The van der Waals surface area contributed by atoms with E-state index in [-0.39, 0.29) is 37.7 Å². The molecule has 0 spiro atoms. The van der Waals surface area contributed by atoms with Gasteiger partial charge in [0.2, 0.25) is 17.7 Å². The Labute approximate surface area is 210 Å². The first-order valence-electron chi connectivity index (χ1n) is 11.4. The standard InChI is InChI=1S/C21H41N7O6S/c1-11(2)10-15(20(33)34)28-17(30)13(6-5-8-25-21(23)24)26-18(31)14(7-9-35-4)27-19(32)16(22)12(3)29/h11-16,29H,5-10,22H2,1-4H3,(H,26,31)(H,27,32)(H,28,30)(H,33,34)(H4,23,24,25). The van der Waals surface area contributed by atoms with Crippen LogP contribution in [0.5, 0.6) is 0 Å². The van der Waals surface area contributed by atoms with E-state index in [0.717, 1.165) is 0 Å². The molecule has 5 unspecified atom stereocenters. The van der Waals surface area contributed by atoms with Crippen LogP contribution in [0.3, 0.4) is 0 Å². The van der Waals surface area contributed by atoms with Gasteiger partial charge in [-0.15, -0.1) is 0 Å². The first kappa shape index (κ1) is 32.4. The summed E-state index contributed by atoms with van der Waals surface area (Å²) in [6.45, 7) is 5.21. The minimum atomic E-state index is -1.23. The Bertz CT molecular complexity index is 731. The SMILES string of the molecule is CSCCC(NC(=O)C(N)C(C)O)C(=O)NC(CCCN=C(N)N)C(=O)NC(CC(C)C)C(=O)O. The molecule has 13 nitrogen and oxygen atoms in total. The minimum absolute atomic E-state index is 0.00979. The number of aliphatic hydroxyl groups is 1. The van der Waals surface area contributed by atoms with Gasteiger partial charge in [-0.25, -0.2) is 4.79 Å². The third kappa shape index (κ3) is 13.8. The Hall–Kier alpha value is -2.58. The summed E-state index contributed by atoms with van der Waals surface area (Å²) in [7, 11) is 0. The van der Waals surface area contributed by atoms with Crippen molar-refractivity contribution in [3.63, 3.8) is 0 Å². The van der Waals surface area contributed by atoms with Crippen LogP contribution in [0.4, 0.5) is 0 Å². The van der Waals surface area contributed by atoms with Crippen LogP contribution in [0.25, 0.3) is 0 Å². The normalized spacial score (nSPS) is 15.3. The van der Waals surface area contributed by atoms with E-state index in [1.54, 1.807) is 0 Å². The number of carboxylic acids is 1. The maximum Gasteiger partial charge on any atom is 0.326 e. The highest BCUT2D eigenvalue weighted by molar-refractivity contribution is 7.98. The predicted molar refractivity (Wildman–Crippen MR) is 135 cm³/mol. The van der Waals surface area contributed by atoms with Crippen LogP contribution in [0, 0.1) is 5.92 Å². The molecule has 0 bridgehead atoms. The van der Waals surface area contributed by atoms with Crippen LogP contribution in [-0.4, -0.2) is 88.7 Å². The maximum absolute atomic E-state index is 13.0. The van der Waals surface area contributed by atoms with E-state index in [2.05, 4.69) is 20.9 Å². The van der Waals surface area contributed by atoms with Gasteiger partial charge in [0.15, 0.2) is 5.96 Å². The van der Waals surface area contributed by atoms with Crippen molar-refractivity contribution < 1.29 is 29.4 Å². The van der Waals surface area contributed by atoms with Crippen molar-refractivity contribution in [2.75, 3.05) is 18.6 Å². The summed E-state index contributed by atoms with van der Waals surface area (Å²) in [5.41, 5.74) is 16.3. The number of hydrogen-bond donors (Lipinski definition) is 8. The molecule has 0 rings (SSSR count). The first-order chi connectivity index (χ1) is 16.3. The number of rotatable bonds is 17. The van der Waals surface area contributed by atoms with Gasteiger partial charge in [0.1, 0.15) is 24.2 Å². The number of amides is 3. The second-order valence-electron chi connectivity index (χ2n) is 8.65. The molecule has 0 aromatic carbocycles. The lowest BCUT2D eigenvalue weighted by Crippen LogP contribution is -2.58. The van der Waals surface area contributed by atoms with Crippen molar-refractivity contribution >= 4 is 41.4 Å². The number of carbonyl (C=O) groups excluding carboxylic acids is 3. The maximum atomic E-state index is 13.0. The molecule has 0 aromatic heterocycles. The number of guanidine groups is 1. The number of thioether (sulfide) groups is 1. The Morgan fingerprint density at radius 1 is 0.914 bits per heavy atom. The Kier molecular flexibility index (Phi) is 15.7. The lowest BCUT2D eigenvalue weighted by molar-refractivity contribution is -0.143. The molecule has 202 valence electrons. The number of nitrogens with one attached hydrogen (secondary N) is 3. The lowest BCUT2D eigenvalue weighted by atomic mass is 10.0. The molecule has 0 heterocycles. The van der Waals surface area contributed by atoms with Crippen molar-refractivity contribution in [2.45, 2.75) is 76.7 Å². The third-order valence-corrected chi connectivity index (χ3v) is 5.61. The summed E-state index contributed by atoms with van der Waals surface area (Å²) in [6, 6.07) is -4.47. The monoisotopic (exact) mass is 519 g/mol. The van der Waals surface area contributed by atoms with Crippen molar-refractivity contribution in [1.29, 1.82) is 0 Å². The molecule has 0 saturated carbocycles. The van der Waals surface area contributed by atoms with Gasteiger partial charge in [-0.3, -0.25) is 19.4 Å². The van der Waals surface area contributed by atoms with E-state index in [1.165, 1.54) is 18.7 Å². The zero-order valence-corrected chi connectivity index (χ0v) is 21.6. The van der Waals surface area contributed by atoms with Crippen LogP contribution in [0.2, 0.25) is 0 Å². The average Bonchev–Trinajstić information content (AvgIpc) is 2.76. The molecule has 0 saturated heterocycles. The van der Waals surface area contributed by atoms with Gasteiger partial charge in [0.05, 0.1) is 6.10 Å². The third-order valence-electron chi connectivity index (χ3n) is 4.97. The Morgan fingerprint density at radius 2 is 1.43 bits per heavy atom. The van der Waals surface area contributed by atoms with E-state index in [9.17, 15) is 29.4 Å². The zero-order valence-electron chi connectivity index (χ0n) is 20.8. The van der Waals surface area contributed by atoms with Gasteiger partial charge in [-0.05, 0) is 50.5 Å². The Morgan fingerprint density at radius 3 is 1.89 bits per heavy atom. The fourth-order valence-electron chi connectivity index (χ4n) is 3.00. The van der Waals surface area contributed by atoms with Crippen molar-refractivity contribution in [3.05, 3.63) is 0 Å². The number of nitrogens with two attached hydrogens (primary N) is 3. The fourth-order valence-corrected chi connectivity index (χ4v) is 3.47. The molecule has 5 atom stereocenters. The topological polar surface area (TPSA) is 235 Å². The lowest BCUT2D eigenvalue weighted by Gasteiger charge is -2.26. The van der Waals surface area contributed by atoms with Crippen LogP contribution < -0.4 is 33.2 Å². The van der Waals surface area contributed by atoms with Gasteiger partial charge in [-0.1, -0.05) is 13.8 Å². The van der Waals surface area contributed by atoms with Crippen molar-refractivity contribution in [2.24, 2.45) is 28.1 Å². The van der Waals surface area contributed by atoms with Crippen molar-refractivity contribution in [1.82, 2.24) is 16.0 Å². The molecule has 0 radical (unpaired) electrons. The van der Waals surface area contributed by atoms with Crippen LogP contribution >= 0.6 is 11.8 Å². The van der Waals surface area contributed by atoms with Gasteiger partial charge in [0, 0.05) is 6.54 Å². The molecular formula is C21H41N7O6S. The highest BCUT2D eigenvalue weighted by Gasteiger charge is 2.30. The zero-order chi connectivity index (χ0) is 27.1.